The number of carbonyl (C=O) groups is 1. The lowest BCUT2D eigenvalue weighted by Gasteiger charge is -2.57. The first-order valence-electron chi connectivity index (χ1n) is 14.9. The van der Waals surface area contributed by atoms with E-state index in [1.807, 2.05) is 30.5 Å². The Kier molecular flexibility index (Phi) is 6.05. The Morgan fingerprint density at radius 2 is 1.39 bits per heavy atom. The van der Waals surface area contributed by atoms with Gasteiger partial charge in [-0.15, -0.1) is 0 Å². The van der Waals surface area contributed by atoms with E-state index in [1.165, 1.54) is 44.2 Å². The fraction of sp³-hybridized carbons (Fsp3) is 0.515. The number of aromatic amines is 1. The van der Waals surface area contributed by atoms with Crippen molar-refractivity contribution < 1.29 is 4.79 Å². The maximum absolute atomic E-state index is 12.7. The van der Waals surface area contributed by atoms with Crippen LogP contribution in [0.1, 0.15) is 71.1 Å². The van der Waals surface area contributed by atoms with Crippen molar-refractivity contribution in [3.8, 4) is 22.6 Å². The van der Waals surface area contributed by atoms with Crippen molar-refractivity contribution in [2.75, 3.05) is 10.6 Å². The molecule has 0 radical (unpaired) electrons. The molecule has 5 aliphatic carbocycles. The third-order valence-electron chi connectivity index (χ3n) is 10.0. The maximum atomic E-state index is 12.7. The predicted molar refractivity (Wildman–Crippen MR) is 154 cm³/mol. The van der Waals surface area contributed by atoms with Crippen LogP contribution in [-0.4, -0.2) is 21.4 Å². The number of imidazole rings is 1. The number of nitrogens with one attached hydrogen (secondary N) is 3. The molecule has 1 aromatic heterocycles. The summed E-state index contributed by atoms with van der Waals surface area (Å²) in [5.41, 5.74) is 5.57. The SMILES string of the molecule is CC1CCC(C(=O)Nc2ccc(-c3cnc(-c4ccc(NC56CC7CC(CC(C7)C5)C6)cc4)[nH]3)cc2)CC1. The van der Waals surface area contributed by atoms with Gasteiger partial charge in [0.15, 0.2) is 0 Å². The van der Waals surface area contributed by atoms with Crippen LogP contribution in [-0.2, 0) is 4.79 Å². The molecule has 5 saturated carbocycles. The fourth-order valence-corrected chi connectivity index (χ4v) is 8.40. The van der Waals surface area contributed by atoms with Gasteiger partial charge in [-0.2, -0.15) is 0 Å². The van der Waals surface area contributed by atoms with Gasteiger partial charge < -0.3 is 15.6 Å². The minimum Gasteiger partial charge on any atom is -0.380 e. The summed E-state index contributed by atoms with van der Waals surface area (Å²) >= 11 is 0. The number of hydrogen-bond donors (Lipinski definition) is 3. The molecule has 5 nitrogen and oxygen atoms in total. The van der Waals surface area contributed by atoms with Crippen LogP contribution in [0.4, 0.5) is 11.4 Å². The quantitative estimate of drug-likeness (QED) is 0.317. The Labute approximate surface area is 226 Å². The van der Waals surface area contributed by atoms with Crippen LogP contribution in [0.25, 0.3) is 22.6 Å². The summed E-state index contributed by atoms with van der Waals surface area (Å²) in [6, 6.07) is 16.9. The Bertz CT molecular complexity index is 1250. The first-order chi connectivity index (χ1) is 18.5. The second-order valence-corrected chi connectivity index (χ2v) is 13.1. The van der Waals surface area contributed by atoms with Gasteiger partial charge in [-0.3, -0.25) is 4.79 Å². The van der Waals surface area contributed by atoms with Crippen molar-refractivity contribution in [3.63, 3.8) is 0 Å². The van der Waals surface area contributed by atoms with E-state index in [9.17, 15) is 4.79 Å². The Hall–Kier alpha value is -3.08. The van der Waals surface area contributed by atoms with Crippen LogP contribution >= 0.6 is 0 Å². The second kappa shape index (κ2) is 9.59. The number of amides is 1. The van der Waals surface area contributed by atoms with E-state index in [0.717, 1.165) is 77.7 Å². The van der Waals surface area contributed by atoms with Crippen LogP contribution in [0.3, 0.4) is 0 Å². The molecule has 5 fully saturated rings. The van der Waals surface area contributed by atoms with Gasteiger partial charge >= 0.3 is 0 Å². The molecule has 0 saturated heterocycles. The molecule has 3 aromatic rings. The highest BCUT2D eigenvalue weighted by atomic mass is 16.1. The van der Waals surface area contributed by atoms with E-state index in [4.69, 9.17) is 0 Å². The monoisotopic (exact) mass is 508 g/mol. The lowest BCUT2D eigenvalue weighted by molar-refractivity contribution is -0.121. The van der Waals surface area contributed by atoms with E-state index in [1.54, 1.807) is 0 Å². The smallest absolute Gasteiger partial charge is 0.227 e. The van der Waals surface area contributed by atoms with Crippen LogP contribution < -0.4 is 10.6 Å². The molecule has 0 atom stereocenters. The van der Waals surface area contributed by atoms with E-state index in [0.29, 0.717) is 5.54 Å². The average molecular weight is 509 g/mol. The molecule has 0 unspecified atom stereocenters. The Morgan fingerprint density at radius 3 is 2.03 bits per heavy atom. The van der Waals surface area contributed by atoms with Crippen molar-refractivity contribution in [3.05, 3.63) is 54.7 Å². The molecule has 5 heteroatoms. The van der Waals surface area contributed by atoms with Gasteiger partial charge in [0, 0.05) is 28.4 Å². The summed E-state index contributed by atoms with van der Waals surface area (Å²) < 4.78 is 0. The summed E-state index contributed by atoms with van der Waals surface area (Å²) in [5.74, 6) is 4.77. The Balaban J connectivity index is 0.987. The van der Waals surface area contributed by atoms with E-state index < -0.39 is 0 Å². The van der Waals surface area contributed by atoms with Gasteiger partial charge in [0.25, 0.3) is 0 Å². The number of H-pyrrole nitrogens is 1. The maximum Gasteiger partial charge on any atom is 0.227 e. The van der Waals surface area contributed by atoms with Gasteiger partial charge in [-0.1, -0.05) is 19.1 Å². The molecule has 198 valence electrons. The summed E-state index contributed by atoms with van der Waals surface area (Å²) in [4.78, 5) is 20.8. The molecule has 4 bridgehead atoms. The molecule has 1 amide bonds. The molecule has 2 aromatic carbocycles. The van der Waals surface area contributed by atoms with Crippen LogP contribution in [0.15, 0.2) is 54.7 Å². The highest BCUT2D eigenvalue weighted by Crippen LogP contribution is 2.56. The van der Waals surface area contributed by atoms with Crippen LogP contribution in [0, 0.1) is 29.6 Å². The van der Waals surface area contributed by atoms with E-state index in [-0.39, 0.29) is 11.8 Å². The van der Waals surface area contributed by atoms with Crippen molar-refractivity contribution in [2.24, 2.45) is 29.6 Å². The molecular weight excluding hydrogens is 468 g/mol. The number of anilines is 2. The number of nitrogens with zero attached hydrogens (tertiary/aromatic N) is 1. The molecule has 1 heterocycles. The zero-order valence-corrected chi connectivity index (χ0v) is 22.5. The lowest BCUT2D eigenvalue weighted by Crippen LogP contribution is -2.54. The molecule has 5 aliphatic rings. The molecule has 0 spiro atoms. The second-order valence-electron chi connectivity index (χ2n) is 13.1. The number of aromatic nitrogens is 2. The van der Waals surface area contributed by atoms with Gasteiger partial charge in [-0.05, 0) is 130 Å². The normalized spacial score (nSPS) is 31.8. The largest absolute Gasteiger partial charge is 0.380 e. The predicted octanol–water partition coefficient (Wildman–Crippen LogP) is 7.89. The number of rotatable bonds is 6. The molecule has 3 N–H and O–H groups in total. The standard InChI is InChI=1S/C33H40N4O/c1-21-2-4-27(5-3-21)32(38)35-28-10-6-25(7-11-28)30-20-34-31(36-30)26-8-12-29(13-9-26)37-33-17-22-14-23(18-33)16-24(15-22)19-33/h6-13,20-24,27,37H,2-5,14-19H2,1H3,(H,34,36)(H,35,38). The first-order valence-corrected chi connectivity index (χ1v) is 14.9. The molecule has 0 aliphatic heterocycles. The van der Waals surface area contributed by atoms with Gasteiger partial charge in [0.1, 0.15) is 5.82 Å². The minimum absolute atomic E-state index is 0.148. The van der Waals surface area contributed by atoms with Crippen molar-refractivity contribution >= 4 is 17.3 Å². The number of carbonyl (C=O) groups excluding carboxylic acids is 1. The first kappa shape index (κ1) is 24.0. The topological polar surface area (TPSA) is 69.8 Å². The van der Waals surface area contributed by atoms with Gasteiger partial charge in [0.2, 0.25) is 5.91 Å². The zero-order valence-electron chi connectivity index (χ0n) is 22.5. The molecular formula is C33H40N4O. The summed E-state index contributed by atoms with van der Waals surface area (Å²) in [5, 5.41) is 7.09. The third kappa shape index (κ3) is 4.76. The highest BCUT2D eigenvalue weighted by molar-refractivity contribution is 5.92. The summed E-state index contributed by atoms with van der Waals surface area (Å²) in [6.07, 6.45) is 14.7. The summed E-state index contributed by atoms with van der Waals surface area (Å²) in [7, 11) is 0. The number of benzene rings is 2. The number of hydrogen-bond acceptors (Lipinski definition) is 3. The average Bonchev–Trinajstić information content (AvgIpc) is 3.39. The van der Waals surface area contributed by atoms with Crippen molar-refractivity contribution in [1.82, 2.24) is 9.97 Å². The highest BCUT2D eigenvalue weighted by Gasteiger charge is 2.50. The summed E-state index contributed by atoms with van der Waals surface area (Å²) in [6.45, 7) is 2.28. The van der Waals surface area contributed by atoms with Crippen LogP contribution in [0.2, 0.25) is 0 Å². The van der Waals surface area contributed by atoms with E-state index in [2.05, 4.69) is 51.8 Å². The zero-order chi connectivity index (χ0) is 25.7. The van der Waals surface area contributed by atoms with Gasteiger partial charge in [0.05, 0.1) is 11.9 Å². The van der Waals surface area contributed by atoms with Crippen LogP contribution in [0.5, 0.6) is 0 Å². The van der Waals surface area contributed by atoms with Crippen molar-refractivity contribution in [2.45, 2.75) is 76.7 Å². The minimum atomic E-state index is 0.148. The van der Waals surface area contributed by atoms with E-state index >= 15 is 0 Å². The fourth-order valence-electron chi connectivity index (χ4n) is 8.40. The molecule has 8 rings (SSSR count). The molecule has 38 heavy (non-hydrogen) atoms. The third-order valence-corrected chi connectivity index (χ3v) is 10.0. The lowest BCUT2D eigenvalue weighted by atomic mass is 9.53. The van der Waals surface area contributed by atoms with Gasteiger partial charge in [-0.25, -0.2) is 4.98 Å². The van der Waals surface area contributed by atoms with Crippen molar-refractivity contribution in [1.29, 1.82) is 0 Å². The Morgan fingerprint density at radius 1 is 0.816 bits per heavy atom.